The van der Waals surface area contributed by atoms with Gasteiger partial charge in [0.15, 0.2) is 0 Å². The van der Waals surface area contributed by atoms with Gasteiger partial charge in [0.1, 0.15) is 28.6 Å². The maximum absolute atomic E-state index is 9.87. The van der Waals surface area contributed by atoms with Crippen LogP contribution in [0.25, 0.3) is 0 Å². The standard InChI is InChI=1S/C22H20N2O3/c1-15-11-16(13-23-18-7-3-5-9-20(18)25)22(27-2)17(12-15)14-24-19-8-4-6-10-21(19)26/h3-14,25-26H,1-2H3. The van der Waals surface area contributed by atoms with Gasteiger partial charge in [-0.05, 0) is 48.9 Å². The van der Waals surface area contributed by atoms with Crippen molar-refractivity contribution >= 4 is 23.8 Å². The van der Waals surface area contributed by atoms with Gasteiger partial charge in [-0.25, -0.2) is 0 Å². The van der Waals surface area contributed by atoms with E-state index in [0.717, 1.165) is 16.7 Å². The molecule has 3 rings (SSSR count). The largest absolute Gasteiger partial charge is 0.506 e. The molecule has 5 heteroatoms. The molecular formula is C22H20N2O3. The summed E-state index contributed by atoms with van der Waals surface area (Å²) in [6.07, 6.45) is 3.30. The van der Waals surface area contributed by atoms with Crippen molar-refractivity contribution in [3.63, 3.8) is 0 Å². The van der Waals surface area contributed by atoms with Gasteiger partial charge in [-0.2, -0.15) is 0 Å². The topological polar surface area (TPSA) is 74.4 Å². The number of aliphatic imine (C=N–C) groups is 2. The smallest absolute Gasteiger partial charge is 0.141 e. The molecule has 0 amide bonds. The minimum absolute atomic E-state index is 0.113. The number of aryl methyl sites for hydroxylation is 1. The lowest BCUT2D eigenvalue weighted by Gasteiger charge is -2.10. The van der Waals surface area contributed by atoms with Crippen molar-refractivity contribution in [3.8, 4) is 17.2 Å². The third kappa shape index (κ3) is 4.33. The molecule has 0 atom stereocenters. The Bertz CT molecular complexity index is 933. The predicted octanol–water partition coefficient (Wildman–Crippen LogP) is 4.92. The maximum atomic E-state index is 9.87. The van der Waals surface area contributed by atoms with Gasteiger partial charge in [0, 0.05) is 23.6 Å². The van der Waals surface area contributed by atoms with E-state index < -0.39 is 0 Å². The van der Waals surface area contributed by atoms with E-state index in [4.69, 9.17) is 4.74 Å². The second-order valence-electron chi connectivity index (χ2n) is 5.97. The van der Waals surface area contributed by atoms with Crippen LogP contribution in [0.3, 0.4) is 0 Å². The number of ether oxygens (including phenoxy) is 1. The highest BCUT2D eigenvalue weighted by Gasteiger charge is 2.09. The van der Waals surface area contributed by atoms with E-state index in [1.54, 1.807) is 55.9 Å². The Hall–Kier alpha value is -3.60. The summed E-state index contributed by atoms with van der Waals surface area (Å²) in [7, 11) is 1.58. The molecule has 0 fully saturated rings. The minimum Gasteiger partial charge on any atom is -0.506 e. The molecule has 3 aromatic rings. The molecule has 27 heavy (non-hydrogen) atoms. The van der Waals surface area contributed by atoms with Gasteiger partial charge in [0.05, 0.1) is 7.11 Å². The Kier molecular flexibility index (Phi) is 5.52. The normalized spacial score (nSPS) is 11.3. The van der Waals surface area contributed by atoms with Crippen LogP contribution in [-0.2, 0) is 0 Å². The number of phenols is 2. The molecule has 136 valence electrons. The van der Waals surface area contributed by atoms with E-state index in [0.29, 0.717) is 17.1 Å². The summed E-state index contributed by atoms with van der Waals surface area (Å²) < 4.78 is 5.56. The van der Waals surface area contributed by atoms with Crippen LogP contribution in [0.1, 0.15) is 16.7 Å². The van der Waals surface area contributed by atoms with Gasteiger partial charge in [-0.3, -0.25) is 9.98 Å². The highest BCUT2D eigenvalue weighted by Crippen LogP contribution is 2.29. The molecule has 0 saturated carbocycles. The first-order valence-corrected chi connectivity index (χ1v) is 8.41. The van der Waals surface area contributed by atoms with Crippen LogP contribution in [0.15, 0.2) is 70.6 Å². The van der Waals surface area contributed by atoms with Gasteiger partial charge in [0.2, 0.25) is 0 Å². The van der Waals surface area contributed by atoms with Gasteiger partial charge in [-0.1, -0.05) is 24.3 Å². The van der Waals surface area contributed by atoms with Crippen molar-refractivity contribution in [1.82, 2.24) is 0 Å². The van der Waals surface area contributed by atoms with Crippen molar-refractivity contribution in [1.29, 1.82) is 0 Å². The molecule has 0 aliphatic carbocycles. The van der Waals surface area contributed by atoms with E-state index in [1.807, 2.05) is 31.2 Å². The maximum Gasteiger partial charge on any atom is 0.141 e. The number of phenolic OH excluding ortho intramolecular Hbond substituents is 2. The second kappa shape index (κ2) is 8.19. The number of para-hydroxylation sites is 4. The average molecular weight is 360 g/mol. The molecule has 0 saturated heterocycles. The Morgan fingerprint density at radius 3 is 1.63 bits per heavy atom. The summed E-state index contributed by atoms with van der Waals surface area (Å²) >= 11 is 0. The highest BCUT2D eigenvalue weighted by atomic mass is 16.5. The van der Waals surface area contributed by atoms with Crippen molar-refractivity contribution in [2.24, 2.45) is 9.98 Å². The van der Waals surface area contributed by atoms with E-state index in [-0.39, 0.29) is 11.5 Å². The SMILES string of the molecule is COc1c(C=Nc2ccccc2O)cc(C)cc1C=Nc1ccccc1O. The predicted molar refractivity (Wildman–Crippen MR) is 108 cm³/mol. The van der Waals surface area contributed by atoms with E-state index in [9.17, 15) is 10.2 Å². The molecule has 0 aliphatic rings. The average Bonchev–Trinajstić information content (AvgIpc) is 2.66. The first kappa shape index (κ1) is 18.2. The summed E-state index contributed by atoms with van der Waals surface area (Å²) in [5.74, 6) is 0.836. The van der Waals surface area contributed by atoms with Crippen LogP contribution in [0.5, 0.6) is 17.2 Å². The Morgan fingerprint density at radius 2 is 1.22 bits per heavy atom. The molecule has 0 bridgehead atoms. The van der Waals surface area contributed by atoms with E-state index >= 15 is 0 Å². The van der Waals surface area contributed by atoms with Crippen molar-refractivity contribution < 1.29 is 14.9 Å². The number of benzene rings is 3. The van der Waals surface area contributed by atoms with Gasteiger partial charge < -0.3 is 14.9 Å². The van der Waals surface area contributed by atoms with Crippen molar-refractivity contribution in [3.05, 3.63) is 77.4 Å². The second-order valence-corrected chi connectivity index (χ2v) is 5.97. The lowest BCUT2D eigenvalue weighted by molar-refractivity contribution is 0.413. The summed E-state index contributed by atoms with van der Waals surface area (Å²) in [4.78, 5) is 8.72. The summed E-state index contributed by atoms with van der Waals surface area (Å²) in [5.41, 5.74) is 3.49. The van der Waals surface area contributed by atoms with Gasteiger partial charge >= 0.3 is 0 Å². The Labute approximate surface area is 157 Å². The number of hydrogen-bond acceptors (Lipinski definition) is 5. The minimum atomic E-state index is 0.113. The molecule has 2 N–H and O–H groups in total. The first-order valence-electron chi connectivity index (χ1n) is 8.41. The summed E-state index contributed by atoms with van der Waals surface area (Å²) in [6.45, 7) is 1.97. The third-order valence-corrected chi connectivity index (χ3v) is 3.94. The van der Waals surface area contributed by atoms with Crippen molar-refractivity contribution in [2.75, 3.05) is 7.11 Å². The molecule has 0 unspecified atom stereocenters. The fourth-order valence-corrected chi connectivity index (χ4v) is 2.68. The highest BCUT2D eigenvalue weighted by molar-refractivity contribution is 5.94. The number of methoxy groups -OCH3 is 1. The van der Waals surface area contributed by atoms with Crippen LogP contribution in [0.2, 0.25) is 0 Å². The van der Waals surface area contributed by atoms with E-state index in [2.05, 4.69) is 9.98 Å². The fraction of sp³-hybridized carbons (Fsp3) is 0.0909. The number of hydrogen-bond donors (Lipinski definition) is 2. The lowest BCUT2D eigenvalue weighted by Crippen LogP contribution is -1.98. The van der Waals surface area contributed by atoms with Gasteiger partial charge in [-0.15, -0.1) is 0 Å². The Morgan fingerprint density at radius 1 is 0.778 bits per heavy atom. The van der Waals surface area contributed by atoms with Crippen LogP contribution >= 0.6 is 0 Å². The zero-order valence-corrected chi connectivity index (χ0v) is 15.1. The molecule has 3 aromatic carbocycles. The molecule has 0 aliphatic heterocycles. The van der Waals surface area contributed by atoms with E-state index in [1.165, 1.54) is 0 Å². The summed E-state index contributed by atoms with van der Waals surface area (Å²) in [6, 6.07) is 17.6. The monoisotopic (exact) mass is 360 g/mol. The fourth-order valence-electron chi connectivity index (χ4n) is 2.68. The van der Waals surface area contributed by atoms with Crippen LogP contribution in [0, 0.1) is 6.92 Å². The van der Waals surface area contributed by atoms with Gasteiger partial charge in [0.25, 0.3) is 0 Å². The van der Waals surface area contributed by atoms with Crippen LogP contribution in [0.4, 0.5) is 11.4 Å². The first-order chi connectivity index (χ1) is 13.1. The quantitative estimate of drug-likeness (QED) is 0.635. The lowest BCUT2D eigenvalue weighted by atomic mass is 10.1. The molecule has 0 aromatic heterocycles. The molecular weight excluding hydrogens is 340 g/mol. The zero-order valence-electron chi connectivity index (χ0n) is 15.1. The van der Waals surface area contributed by atoms with Crippen LogP contribution in [-0.4, -0.2) is 29.8 Å². The Balaban J connectivity index is 1.99. The summed E-state index contributed by atoms with van der Waals surface area (Å²) in [5, 5.41) is 19.7. The molecule has 0 spiro atoms. The zero-order chi connectivity index (χ0) is 19.2. The number of rotatable bonds is 5. The third-order valence-electron chi connectivity index (χ3n) is 3.94. The molecule has 5 nitrogen and oxygen atoms in total. The number of aromatic hydroxyl groups is 2. The molecule has 0 radical (unpaired) electrons. The molecule has 0 heterocycles. The number of nitrogens with zero attached hydrogens (tertiary/aromatic N) is 2. The van der Waals surface area contributed by atoms with Crippen LogP contribution < -0.4 is 4.74 Å². The van der Waals surface area contributed by atoms with Crippen molar-refractivity contribution in [2.45, 2.75) is 6.92 Å².